The van der Waals surface area contributed by atoms with Crippen LogP contribution in [0.3, 0.4) is 0 Å². The first kappa shape index (κ1) is 26.3. The maximum atomic E-state index is 12.7. The van der Waals surface area contributed by atoms with Crippen LogP contribution < -0.4 is 16.4 Å². The minimum atomic E-state index is -1.54. The van der Waals surface area contributed by atoms with Crippen LogP contribution in [-0.2, 0) is 24.0 Å². The number of nitrogens with one attached hydrogen (secondary N) is 2. The van der Waals surface area contributed by atoms with Crippen LogP contribution >= 0.6 is 0 Å². The fourth-order valence-corrected chi connectivity index (χ4v) is 3.14. The number of amides is 3. The summed E-state index contributed by atoms with van der Waals surface area (Å²) in [6.45, 7) is 2.77. The lowest BCUT2D eigenvalue weighted by molar-refractivity contribution is -0.145. The highest BCUT2D eigenvalue weighted by Gasteiger charge is 2.39. The van der Waals surface area contributed by atoms with Crippen molar-refractivity contribution in [2.24, 2.45) is 5.73 Å². The summed E-state index contributed by atoms with van der Waals surface area (Å²) in [5.41, 5.74) is 5.66. The lowest BCUT2D eigenvalue weighted by Gasteiger charge is -2.30. The van der Waals surface area contributed by atoms with E-state index in [1.165, 1.54) is 18.7 Å². The van der Waals surface area contributed by atoms with Gasteiger partial charge < -0.3 is 41.7 Å². The van der Waals surface area contributed by atoms with Gasteiger partial charge in [-0.1, -0.05) is 0 Å². The Balaban J connectivity index is 2.88. The van der Waals surface area contributed by atoms with Crippen LogP contribution in [0.1, 0.15) is 39.5 Å². The second-order valence-corrected chi connectivity index (χ2v) is 7.51. The number of hydrogen-bond donors (Lipinski definition) is 7. The number of hydrogen-bond acceptors (Lipinski definition) is 8. The van der Waals surface area contributed by atoms with Gasteiger partial charge in [0.1, 0.15) is 24.2 Å². The van der Waals surface area contributed by atoms with Crippen LogP contribution in [0, 0.1) is 0 Å². The Morgan fingerprint density at radius 2 is 1.68 bits per heavy atom. The van der Waals surface area contributed by atoms with Crippen molar-refractivity contribution < 1.29 is 44.4 Å². The lowest BCUT2D eigenvalue weighted by atomic mass is 10.1. The van der Waals surface area contributed by atoms with Crippen LogP contribution in [0.4, 0.5) is 0 Å². The standard InChI is InChI=1S/C18H30N4O9/c1-8(23)13(19)17(29)22-7-3-4-11(22)15(27)21-14(9(2)24)16(28)20-10(18(30)31)5-6-12(25)26/h8-11,13-14,23-24H,3-7,19H2,1-2H3,(H,20,28)(H,21,27)(H,25,26)(H,30,31). The highest BCUT2D eigenvalue weighted by Crippen LogP contribution is 2.19. The molecule has 13 heteroatoms. The molecule has 1 aliphatic heterocycles. The molecule has 0 aromatic heterocycles. The number of carboxylic acids is 2. The maximum Gasteiger partial charge on any atom is 0.326 e. The van der Waals surface area contributed by atoms with Gasteiger partial charge in [0.25, 0.3) is 0 Å². The maximum absolute atomic E-state index is 12.7. The highest BCUT2D eigenvalue weighted by atomic mass is 16.4. The van der Waals surface area contributed by atoms with Crippen molar-refractivity contribution in [1.29, 1.82) is 0 Å². The number of likely N-dealkylation sites (tertiary alicyclic amines) is 1. The number of nitrogens with two attached hydrogens (primary N) is 1. The smallest absolute Gasteiger partial charge is 0.326 e. The summed E-state index contributed by atoms with van der Waals surface area (Å²) in [4.78, 5) is 60.7. The molecule has 13 nitrogen and oxygen atoms in total. The first-order chi connectivity index (χ1) is 14.4. The number of rotatable bonds is 11. The molecule has 0 aliphatic carbocycles. The molecule has 1 aliphatic rings. The van der Waals surface area contributed by atoms with E-state index in [9.17, 15) is 34.2 Å². The van der Waals surface area contributed by atoms with Crippen LogP contribution in [0.5, 0.6) is 0 Å². The minimum absolute atomic E-state index is 0.221. The Morgan fingerprint density at radius 1 is 1.06 bits per heavy atom. The number of aliphatic hydroxyl groups is 2. The van der Waals surface area contributed by atoms with E-state index in [1.54, 1.807) is 0 Å². The van der Waals surface area contributed by atoms with E-state index in [-0.39, 0.29) is 19.4 Å². The summed E-state index contributed by atoms with van der Waals surface area (Å²) in [6.07, 6.45) is -2.69. The van der Waals surface area contributed by atoms with Gasteiger partial charge in [-0.3, -0.25) is 19.2 Å². The molecular weight excluding hydrogens is 416 g/mol. The van der Waals surface area contributed by atoms with Crippen molar-refractivity contribution in [2.45, 2.75) is 75.9 Å². The van der Waals surface area contributed by atoms with Crippen LogP contribution in [0.2, 0.25) is 0 Å². The molecule has 0 aromatic rings. The molecule has 176 valence electrons. The second-order valence-electron chi connectivity index (χ2n) is 7.51. The fraction of sp³-hybridized carbons (Fsp3) is 0.722. The summed E-state index contributed by atoms with van der Waals surface area (Å²) in [6, 6.07) is -5.28. The second kappa shape index (κ2) is 11.6. The largest absolute Gasteiger partial charge is 0.481 e. The van der Waals surface area contributed by atoms with Crippen LogP contribution in [-0.4, -0.2) is 97.9 Å². The number of carbonyl (C=O) groups excluding carboxylic acids is 3. The van der Waals surface area contributed by atoms with Gasteiger partial charge in [0, 0.05) is 13.0 Å². The first-order valence-corrected chi connectivity index (χ1v) is 9.84. The summed E-state index contributed by atoms with van der Waals surface area (Å²) in [5, 5.41) is 41.7. The topological polar surface area (TPSA) is 220 Å². The number of nitrogens with zero attached hydrogens (tertiary/aromatic N) is 1. The fourth-order valence-electron chi connectivity index (χ4n) is 3.14. The Morgan fingerprint density at radius 3 is 2.16 bits per heavy atom. The van der Waals surface area contributed by atoms with E-state index < -0.39 is 72.5 Å². The Bertz CT molecular complexity index is 698. The lowest BCUT2D eigenvalue weighted by Crippen LogP contribution is -2.60. The van der Waals surface area contributed by atoms with Gasteiger partial charge in [0.15, 0.2) is 0 Å². The molecule has 1 heterocycles. The summed E-state index contributed by atoms with van der Waals surface area (Å²) in [5.74, 6) is -5.11. The molecule has 31 heavy (non-hydrogen) atoms. The molecule has 0 aromatic carbocycles. The zero-order valence-corrected chi connectivity index (χ0v) is 17.4. The summed E-state index contributed by atoms with van der Waals surface area (Å²) >= 11 is 0. The molecule has 6 unspecified atom stereocenters. The van der Waals surface area contributed by atoms with Gasteiger partial charge in [-0.25, -0.2) is 4.79 Å². The van der Waals surface area contributed by atoms with Gasteiger partial charge >= 0.3 is 11.9 Å². The van der Waals surface area contributed by atoms with Gasteiger partial charge in [-0.05, 0) is 33.1 Å². The van der Waals surface area contributed by atoms with E-state index in [0.717, 1.165) is 0 Å². The third-order valence-electron chi connectivity index (χ3n) is 4.97. The molecule has 1 saturated heterocycles. The predicted octanol–water partition coefficient (Wildman–Crippen LogP) is -3.01. The quantitative estimate of drug-likeness (QED) is 0.170. The minimum Gasteiger partial charge on any atom is -0.481 e. The van der Waals surface area contributed by atoms with E-state index in [4.69, 9.17) is 15.9 Å². The molecule has 0 spiro atoms. The van der Waals surface area contributed by atoms with E-state index in [0.29, 0.717) is 6.42 Å². The van der Waals surface area contributed by atoms with Crippen molar-refractivity contribution in [3.8, 4) is 0 Å². The zero-order valence-electron chi connectivity index (χ0n) is 17.4. The van der Waals surface area contributed by atoms with Gasteiger partial charge in [-0.2, -0.15) is 0 Å². The number of carboxylic acid groups (broad SMARTS) is 2. The van der Waals surface area contributed by atoms with E-state index in [2.05, 4.69) is 10.6 Å². The van der Waals surface area contributed by atoms with Crippen molar-refractivity contribution in [3.05, 3.63) is 0 Å². The average Bonchev–Trinajstić information content (AvgIpc) is 3.16. The normalized spacial score (nSPS) is 20.8. The Kier molecular flexibility index (Phi) is 9.81. The molecule has 6 atom stereocenters. The van der Waals surface area contributed by atoms with Crippen molar-refractivity contribution in [2.75, 3.05) is 6.54 Å². The first-order valence-electron chi connectivity index (χ1n) is 9.84. The Hall–Kier alpha value is -2.77. The summed E-state index contributed by atoms with van der Waals surface area (Å²) < 4.78 is 0. The molecule has 0 radical (unpaired) electrons. The van der Waals surface area contributed by atoms with Gasteiger partial charge in [-0.15, -0.1) is 0 Å². The van der Waals surface area contributed by atoms with Crippen molar-refractivity contribution >= 4 is 29.7 Å². The average molecular weight is 446 g/mol. The van der Waals surface area contributed by atoms with Gasteiger partial charge in [0.05, 0.1) is 12.2 Å². The number of carbonyl (C=O) groups is 5. The van der Waals surface area contributed by atoms with E-state index >= 15 is 0 Å². The zero-order chi connectivity index (χ0) is 23.9. The molecule has 1 rings (SSSR count). The van der Waals surface area contributed by atoms with Crippen molar-refractivity contribution in [3.63, 3.8) is 0 Å². The molecule has 0 bridgehead atoms. The third-order valence-corrected chi connectivity index (χ3v) is 4.97. The van der Waals surface area contributed by atoms with Crippen molar-refractivity contribution in [1.82, 2.24) is 15.5 Å². The molecule has 0 saturated carbocycles. The van der Waals surface area contributed by atoms with Crippen LogP contribution in [0.25, 0.3) is 0 Å². The predicted molar refractivity (Wildman–Crippen MR) is 104 cm³/mol. The van der Waals surface area contributed by atoms with Crippen LogP contribution in [0.15, 0.2) is 0 Å². The molecule has 8 N–H and O–H groups in total. The highest BCUT2D eigenvalue weighted by molar-refractivity contribution is 5.94. The monoisotopic (exact) mass is 446 g/mol. The van der Waals surface area contributed by atoms with Gasteiger partial charge in [0.2, 0.25) is 17.7 Å². The molecular formula is C18H30N4O9. The number of aliphatic hydroxyl groups excluding tert-OH is 2. The number of aliphatic carboxylic acids is 2. The SMILES string of the molecule is CC(O)C(N)C(=O)N1CCCC1C(=O)NC(C(=O)NC(CCC(=O)O)C(=O)O)C(C)O. The summed E-state index contributed by atoms with van der Waals surface area (Å²) in [7, 11) is 0. The Labute approximate surface area is 178 Å². The molecule has 3 amide bonds. The molecule has 1 fully saturated rings. The van der Waals surface area contributed by atoms with E-state index in [1.807, 2.05) is 0 Å². The third kappa shape index (κ3) is 7.45.